The highest BCUT2D eigenvalue weighted by Crippen LogP contribution is 1.93. The van der Waals surface area contributed by atoms with E-state index in [0.717, 1.165) is 12.8 Å². The molecule has 0 aliphatic rings. The molecule has 0 heterocycles. The van der Waals surface area contributed by atoms with Gasteiger partial charge in [-0.05, 0) is 12.8 Å². The summed E-state index contributed by atoms with van der Waals surface area (Å²) in [6.45, 7) is 7.14. The predicted octanol–water partition coefficient (Wildman–Crippen LogP) is 2.04. The Kier molecular flexibility index (Phi) is 10.3. The third-order valence-corrected chi connectivity index (χ3v) is 0.939. The molecular formula is C7H14BrN. The molecule has 0 aromatic rings. The quantitative estimate of drug-likeness (QED) is 0.677. The zero-order valence-corrected chi connectivity index (χ0v) is 7.26. The van der Waals surface area contributed by atoms with Gasteiger partial charge in [0, 0.05) is 6.04 Å². The summed E-state index contributed by atoms with van der Waals surface area (Å²) in [6.07, 6.45) is 5.42. The Hall–Kier alpha value is -0.0800. The van der Waals surface area contributed by atoms with Crippen molar-refractivity contribution in [2.45, 2.75) is 18.9 Å². The standard InChI is InChI=1S/C7H13N.BrH/c1-3-5-7(8)6-4-2;/h3-4,7H,1-2,5-6,8H2;1H. The van der Waals surface area contributed by atoms with Crippen LogP contribution in [0.1, 0.15) is 12.8 Å². The predicted molar refractivity (Wildman–Crippen MR) is 47.9 cm³/mol. The van der Waals surface area contributed by atoms with Crippen molar-refractivity contribution < 1.29 is 0 Å². The molecule has 0 fully saturated rings. The van der Waals surface area contributed by atoms with Gasteiger partial charge in [0.1, 0.15) is 0 Å². The maximum absolute atomic E-state index is 5.55. The first-order valence-electron chi connectivity index (χ1n) is 2.78. The first-order valence-corrected chi connectivity index (χ1v) is 2.78. The summed E-state index contributed by atoms with van der Waals surface area (Å²) in [6, 6.07) is 0.227. The number of rotatable bonds is 4. The highest BCUT2D eigenvalue weighted by molar-refractivity contribution is 8.93. The molecule has 0 saturated heterocycles. The van der Waals surface area contributed by atoms with E-state index in [1.165, 1.54) is 0 Å². The Morgan fingerprint density at radius 3 is 1.78 bits per heavy atom. The van der Waals surface area contributed by atoms with Gasteiger partial charge < -0.3 is 5.73 Å². The van der Waals surface area contributed by atoms with Crippen LogP contribution in [0.2, 0.25) is 0 Å². The lowest BCUT2D eigenvalue weighted by molar-refractivity contribution is 0.696. The zero-order chi connectivity index (χ0) is 6.41. The molecule has 2 heteroatoms. The SMILES string of the molecule is Br.C=CCC(N)CC=C. The van der Waals surface area contributed by atoms with E-state index in [1.54, 1.807) is 0 Å². The number of nitrogens with two attached hydrogens (primary N) is 1. The van der Waals surface area contributed by atoms with E-state index in [2.05, 4.69) is 13.2 Å². The van der Waals surface area contributed by atoms with E-state index >= 15 is 0 Å². The van der Waals surface area contributed by atoms with Crippen molar-refractivity contribution in [1.29, 1.82) is 0 Å². The van der Waals surface area contributed by atoms with Crippen LogP contribution in [0, 0.1) is 0 Å². The fourth-order valence-corrected chi connectivity index (χ4v) is 0.524. The molecule has 0 aromatic carbocycles. The summed E-state index contributed by atoms with van der Waals surface area (Å²) in [4.78, 5) is 0. The number of hydrogen-bond acceptors (Lipinski definition) is 1. The van der Waals surface area contributed by atoms with Gasteiger partial charge in [-0.3, -0.25) is 0 Å². The molecule has 0 aromatic heterocycles. The van der Waals surface area contributed by atoms with Gasteiger partial charge in [0.25, 0.3) is 0 Å². The van der Waals surface area contributed by atoms with Crippen molar-refractivity contribution in [3.63, 3.8) is 0 Å². The fraction of sp³-hybridized carbons (Fsp3) is 0.429. The van der Waals surface area contributed by atoms with Crippen molar-refractivity contribution in [2.24, 2.45) is 5.73 Å². The molecule has 0 rings (SSSR count). The third kappa shape index (κ3) is 7.92. The van der Waals surface area contributed by atoms with Crippen LogP contribution in [0.4, 0.5) is 0 Å². The van der Waals surface area contributed by atoms with Crippen LogP contribution in [-0.4, -0.2) is 6.04 Å². The molecular weight excluding hydrogens is 178 g/mol. The van der Waals surface area contributed by atoms with Gasteiger partial charge in [-0.2, -0.15) is 0 Å². The number of halogens is 1. The minimum Gasteiger partial charge on any atom is -0.327 e. The van der Waals surface area contributed by atoms with Crippen LogP contribution in [0.15, 0.2) is 25.3 Å². The molecule has 0 spiro atoms. The molecule has 0 saturated carbocycles. The minimum atomic E-state index is 0. The maximum Gasteiger partial charge on any atom is 0.0108 e. The smallest absolute Gasteiger partial charge is 0.0108 e. The van der Waals surface area contributed by atoms with Crippen LogP contribution < -0.4 is 5.73 Å². The fourth-order valence-electron chi connectivity index (χ4n) is 0.524. The second-order valence-electron chi connectivity index (χ2n) is 1.81. The van der Waals surface area contributed by atoms with Gasteiger partial charge >= 0.3 is 0 Å². The van der Waals surface area contributed by atoms with E-state index in [1.807, 2.05) is 12.2 Å². The number of hydrogen-bond donors (Lipinski definition) is 1. The van der Waals surface area contributed by atoms with Crippen LogP contribution in [0.25, 0.3) is 0 Å². The van der Waals surface area contributed by atoms with Gasteiger partial charge in [0.15, 0.2) is 0 Å². The van der Waals surface area contributed by atoms with E-state index in [4.69, 9.17) is 5.73 Å². The van der Waals surface area contributed by atoms with Crippen LogP contribution in [-0.2, 0) is 0 Å². The molecule has 0 atom stereocenters. The van der Waals surface area contributed by atoms with Gasteiger partial charge in [0.05, 0.1) is 0 Å². The summed E-state index contributed by atoms with van der Waals surface area (Å²) < 4.78 is 0. The largest absolute Gasteiger partial charge is 0.327 e. The average molecular weight is 192 g/mol. The molecule has 0 amide bonds. The van der Waals surface area contributed by atoms with Crippen LogP contribution in [0.3, 0.4) is 0 Å². The van der Waals surface area contributed by atoms with Crippen molar-refractivity contribution in [1.82, 2.24) is 0 Å². The average Bonchev–Trinajstić information content (AvgIpc) is 1.68. The second-order valence-corrected chi connectivity index (χ2v) is 1.81. The van der Waals surface area contributed by atoms with Gasteiger partial charge in [-0.25, -0.2) is 0 Å². The Morgan fingerprint density at radius 1 is 1.22 bits per heavy atom. The van der Waals surface area contributed by atoms with Crippen molar-refractivity contribution in [3.8, 4) is 0 Å². The summed E-state index contributed by atoms with van der Waals surface area (Å²) in [5.74, 6) is 0. The highest BCUT2D eigenvalue weighted by atomic mass is 79.9. The first kappa shape index (κ1) is 11.7. The first-order chi connectivity index (χ1) is 3.81. The van der Waals surface area contributed by atoms with E-state index in [0.29, 0.717) is 0 Å². The summed E-state index contributed by atoms with van der Waals surface area (Å²) in [5.41, 5.74) is 5.55. The summed E-state index contributed by atoms with van der Waals surface area (Å²) in [7, 11) is 0. The monoisotopic (exact) mass is 191 g/mol. The van der Waals surface area contributed by atoms with E-state index < -0.39 is 0 Å². The summed E-state index contributed by atoms with van der Waals surface area (Å²) >= 11 is 0. The molecule has 0 unspecified atom stereocenters. The molecule has 0 bridgehead atoms. The van der Waals surface area contributed by atoms with Crippen molar-refractivity contribution in [2.75, 3.05) is 0 Å². The van der Waals surface area contributed by atoms with Gasteiger partial charge in [-0.1, -0.05) is 12.2 Å². The molecule has 0 aliphatic carbocycles. The lowest BCUT2D eigenvalue weighted by Crippen LogP contribution is -2.17. The van der Waals surface area contributed by atoms with Crippen molar-refractivity contribution >= 4 is 17.0 Å². The molecule has 9 heavy (non-hydrogen) atoms. The van der Waals surface area contributed by atoms with Gasteiger partial charge in [-0.15, -0.1) is 30.1 Å². The highest BCUT2D eigenvalue weighted by Gasteiger charge is 1.92. The van der Waals surface area contributed by atoms with E-state index in [-0.39, 0.29) is 23.0 Å². The molecule has 0 radical (unpaired) electrons. The minimum absolute atomic E-state index is 0. The lowest BCUT2D eigenvalue weighted by atomic mass is 10.1. The Morgan fingerprint density at radius 2 is 1.56 bits per heavy atom. The third-order valence-electron chi connectivity index (χ3n) is 0.939. The maximum atomic E-state index is 5.55. The Labute approximate surface area is 67.4 Å². The second kappa shape index (κ2) is 7.92. The Balaban J connectivity index is 0. The molecule has 0 aliphatic heterocycles. The van der Waals surface area contributed by atoms with Crippen molar-refractivity contribution in [3.05, 3.63) is 25.3 Å². The lowest BCUT2D eigenvalue weighted by Gasteiger charge is -2.01. The van der Waals surface area contributed by atoms with E-state index in [9.17, 15) is 0 Å². The molecule has 2 N–H and O–H groups in total. The van der Waals surface area contributed by atoms with Gasteiger partial charge in [0.2, 0.25) is 0 Å². The molecule has 1 nitrogen and oxygen atoms in total. The topological polar surface area (TPSA) is 26.0 Å². The Bertz CT molecular complexity index is 71.0. The normalized spacial score (nSPS) is 8.22. The zero-order valence-electron chi connectivity index (χ0n) is 5.55. The van der Waals surface area contributed by atoms with Crippen LogP contribution in [0.5, 0.6) is 0 Å². The van der Waals surface area contributed by atoms with Crippen LogP contribution >= 0.6 is 17.0 Å². The summed E-state index contributed by atoms with van der Waals surface area (Å²) in [5, 5.41) is 0. The molecule has 54 valence electrons.